The van der Waals surface area contributed by atoms with E-state index in [4.69, 9.17) is 14.2 Å². The van der Waals surface area contributed by atoms with Crippen molar-refractivity contribution in [2.45, 2.75) is 45.6 Å². The summed E-state index contributed by atoms with van der Waals surface area (Å²) in [5.41, 5.74) is 0.656. The van der Waals surface area contributed by atoms with Gasteiger partial charge >= 0.3 is 6.16 Å². The molecule has 2 N–H and O–H groups in total. The van der Waals surface area contributed by atoms with E-state index in [-0.39, 0.29) is 11.7 Å². The normalized spacial score (nSPS) is 15.6. The molecule has 8 heteroatoms. The average Bonchev–Trinajstić information content (AvgIpc) is 2.81. The number of nitrogens with zero attached hydrogens (tertiary/aromatic N) is 1. The lowest BCUT2D eigenvalue weighted by atomic mass is 10.2. The maximum Gasteiger partial charge on any atom is 0.512 e. The minimum Gasteiger partial charge on any atom is -0.494 e. The zero-order valence-electron chi connectivity index (χ0n) is 19.2. The molecule has 0 saturated carbocycles. The quantitative estimate of drug-likeness (QED) is 0.312. The summed E-state index contributed by atoms with van der Waals surface area (Å²) in [4.78, 5) is 26.4. The van der Waals surface area contributed by atoms with Crippen LogP contribution >= 0.6 is 0 Å². The second-order valence-electron chi connectivity index (χ2n) is 8.47. The van der Waals surface area contributed by atoms with Crippen LogP contribution in [-0.4, -0.2) is 67.8 Å². The van der Waals surface area contributed by atoms with Crippen LogP contribution in [0.1, 0.15) is 39.5 Å². The number of benzene rings is 1. The highest BCUT2D eigenvalue weighted by Crippen LogP contribution is 2.19. The Morgan fingerprint density at radius 2 is 1.84 bits per heavy atom. The minimum atomic E-state index is -0.563. The monoisotopic (exact) mass is 446 g/mol. The van der Waals surface area contributed by atoms with Crippen LogP contribution in [0.15, 0.2) is 35.1 Å². The first-order chi connectivity index (χ1) is 15.5. The Kier molecular flexibility index (Phi) is 8.93. The van der Waals surface area contributed by atoms with Crippen molar-refractivity contribution in [2.75, 3.05) is 46.1 Å². The fraction of sp³-hybridized carbons (Fsp3) is 0.583. The summed E-state index contributed by atoms with van der Waals surface area (Å²) in [6.07, 6.45) is 2.81. The van der Waals surface area contributed by atoms with Crippen LogP contribution in [0.5, 0.6) is 5.75 Å². The summed E-state index contributed by atoms with van der Waals surface area (Å²) in [5, 5.41) is 4.36. The Balaban J connectivity index is 1.45. The van der Waals surface area contributed by atoms with Gasteiger partial charge in [0.05, 0.1) is 31.8 Å². The molecule has 1 aromatic carbocycles. The van der Waals surface area contributed by atoms with Crippen molar-refractivity contribution in [3.63, 3.8) is 0 Å². The zero-order valence-corrected chi connectivity index (χ0v) is 19.2. The molecule has 0 unspecified atom stereocenters. The van der Waals surface area contributed by atoms with Gasteiger partial charge in [-0.05, 0) is 49.3 Å². The smallest absolute Gasteiger partial charge is 0.494 e. The van der Waals surface area contributed by atoms with Crippen molar-refractivity contribution in [3.8, 4) is 5.75 Å². The molecule has 0 atom stereocenters. The number of pyridine rings is 1. The van der Waals surface area contributed by atoms with E-state index in [0.717, 1.165) is 79.5 Å². The number of fused-ring (bicyclic) bond motifs is 1. The van der Waals surface area contributed by atoms with Crippen LogP contribution in [0.4, 0.5) is 4.79 Å². The molecule has 1 fully saturated rings. The van der Waals surface area contributed by atoms with E-state index in [1.54, 1.807) is 6.07 Å². The molecule has 0 radical (unpaired) electrons. The number of unbranched alkanes of at least 4 members (excludes halogenated alkanes) is 1. The van der Waals surface area contributed by atoms with E-state index in [0.29, 0.717) is 13.3 Å². The summed E-state index contributed by atoms with van der Waals surface area (Å²) in [7, 11) is 0. The number of carbonyl (C=O) groups excluding carboxylic acids is 1. The van der Waals surface area contributed by atoms with Gasteiger partial charge in [0.2, 0.25) is 12.3 Å². The SMILES string of the molecule is CCC(CC)OC(=O)OC[N+]1(CCCCOc2ccc3ccc(=O)[nH]c3c2)CCNCC1. The summed E-state index contributed by atoms with van der Waals surface area (Å²) in [6.45, 7) is 9.56. The van der Waals surface area contributed by atoms with Gasteiger partial charge in [0.25, 0.3) is 0 Å². The van der Waals surface area contributed by atoms with Crippen LogP contribution in [0.2, 0.25) is 0 Å². The lowest BCUT2D eigenvalue weighted by Gasteiger charge is -2.40. The number of rotatable bonds is 11. The number of nitrogens with one attached hydrogen (secondary N) is 2. The largest absolute Gasteiger partial charge is 0.512 e. The van der Waals surface area contributed by atoms with Crippen molar-refractivity contribution in [3.05, 3.63) is 40.7 Å². The van der Waals surface area contributed by atoms with E-state index >= 15 is 0 Å². The van der Waals surface area contributed by atoms with E-state index in [2.05, 4.69) is 10.3 Å². The summed E-state index contributed by atoms with van der Waals surface area (Å²) >= 11 is 0. The third-order valence-corrected chi connectivity index (χ3v) is 6.15. The number of ether oxygens (including phenoxy) is 3. The molecular formula is C24H36N3O5+. The molecule has 1 saturated heterocycles. The maximum atomic E-state index is 12.1. The predicted octanol–water partition coefficient (Wildman–Crippen LogP) is 3.41. The fourth-order valence-corrected chi connectivity index (χ4v) is 4.06. The number of hydrogen-bond acceptors (Lipinski definition) is 6. The van der Waals surface area contributed by atoms with Gasteiger partial charge in [-0.15, -0.1) is 0 Å². The number of quaternary nitrogens is 1. The van der Waals surface area contributed by atoms with Crippen molar-refractivity contribution >= 4 is 17.1 Å². The highest BCUT2D eigenvalue weighted by atomic mass is 16.7. The minimum absolute atomic E-state index is 0.0796. The van der Waals surface area contributed by atoms with Crippen LogP contribution in [0, 0.1) is 0 Å². The third-order valence-electron chi connectivity index (χ3n) is 6.15. The van der Waals surface area contributed by atoms with E-state index in [1.807, 2.05) is 32.0 Å². The lowest BCUT2D eigenvalue weighted by molar-refractivity contribution is -0.945. The molecule has 1 aliphatic rings. The molecule has 0 amide bonds. The van der Waals surface area contributed by atoms with Crippen LogP contribution in [-0.2, 0) is 9.47 Å². The van der Waals surface area contributed by atoms with Crippen molar-refractivity contribution in [1.29, 1.82) is 0 Å². The first kappa shape index (κ1) is 24.1. The van der Waals surface area contributed by atoms with Gasteiger partial charge in [0.1, 0.15) is 11.9 Å². The predicted molar refractivity (Wildman–Crippen MR) is 124 cm³/mol. The second-order valence-corrected chi connectivity index (χ2v) is 8.47. The second kappa shape index (κ2) is 11.9. The van der Waals surface area contributed by atoms with Crippen LogP contribution < -0.4 is 15.6 Å². The highest BCUT2D eigenvalue weighted by Gasteiger charge is 2.31. The van der Waals surface area contributed by atoms with Gasteiger partial charge in [0.15, 0.2) is 0 Å². The first-order valence-electron chi connectivity index (χ1n) is 11.7. The molecular weight excluding hydrogens is 410 g/mol. The molecule has 0 bridgehead atoms. The van der Waals surface area contributed by atoms with E-state index < -0.39 is 6.16 Å². The topological polar surface area (TPSA) is 89.7 Å². The standard InChI is InChI=1S/C24H35N3O5/c1-3-20(4-2)32-24(29)31-18-27(14-11-25-12-15-27)13-5-6-16-30-21-9-7-19-8-10-23(28)26-22(19)17-21/h7-10,17,20,25H,3-6,11-16,18H2,1-2H3/p+1. The Bertz CT molecular complexity index is 919. The summed E-state index contributed by atoms with van der Waals surface area (Å²) in [5.74, 6) is 0.748. The lowest BCUT2D eigenvalue weighted by Crippen LogP contribution is -2.60. The number of carbonyl (C=O) groups is 1. The number of H-pyrrole nitrogens is 1. The number of aromatic amines is 1. The van der Waals surface area contributed by atoms with Gasteiger partial charge in [-0.25, -0.2) is 4.79 Å². The molecule has 1 aliphatic heterocycles. The Labute approximate surface area is 189 Å². The Morgan fingerprint density at radius 1 is 1.09 bits per heavy atom. The molecule has 3 rings (SSSR count). The Morgan fingerprint density at radius 3 is 2.59 bits per heavy atom. The van der Waals surface area contributed by atoms with Crippen LogP contribution in [0.25, 0.3) is 10.9 Å². The average molecular weight is 447 g/mol. The fourth-order valence-electron chi connectivity index (χ4n) is 4.06. The van der Waals surface area contributed by atoms with E-state index in [1.165, 1.54) is 6.07 Å². The van der Waals surface area contributed by atoms with Gasteiger partial charge < -0.3 is 24.5 Å². The molecule has 2 heterocycles. The number of aromatic nitrogens is 1. The highest BCUT2D eigenvalue weighted by molar-refractivity contribution is 5.79. The summed E-state index contributed by atoms with van der Waals surface area (Å²) < 4.78 is 17.6. The molecule has 1 aromatic heterocycles. The number of piperazine rings is 1. The van der Waals surface area contributed by atoms with Crippen molar-refractivity contribution in [1.82, 2.24) is 10.3 Å². The molecule has 0 aliphatic carbocycles. The van der Waals surface area contributed by atoms with Gasteiger partial charge in [0, 0.05) is 25.2 Å². The van der Waals surface area contributed by atoms with Gasteiger partial charge in [-0.3, -0.25) is 9.28 Å². The van der Waals surface area contributed by atoms with Gasteiger partial charge in [-0.1, -0.05) is 13.8 Å². The van der Waals surface area contributed by atoms with Gasteiger partial charge in [-0.2, -0.15) is 0 Å². The van der Waals surface area contributed by atoms with Crippen molar-refractivity contribution in [2.24, 2.45) is 0 Å². The maximum absolute atomic E-state index is 12.1. The molecule has 176 valence electrons. The zero-order chi connectivity index (χ0) is 22.8. The molecule has 0 spiro atoms. The molecule has 8 nitrogen and oxygen atoms in total. The number of hydrogen-bond donors (Lipinski definition) is 2. The van der Waals surface area contributed by atoms with Crippen LogP contribution in [0.3, 0.4) is 0 Å². The molecule has 32 heavy (non-hydrogen) atoms. The third kappa shape index (κ3) is 6.97. The first-order valence-corrected chi connectivity index (χ1v) is 11.7. The summed E-state index contributed by atoms with van der Waals surface area (Å²) in [6, 6.07) is 9.05. The Hall–Kier alpha value is -2.58. The van der Waals surface area contributed by atoms with E-state index in [9.17, 15) is 9.59 Å². The van der Waals surface area contributed by atoms with Crippen molar-refractivity contribution < 1.29 is 23.5 Å². The molecule has 2 aromatic rings.